The highest BCUT2D eigenvalue weighted by Crippen LogP contribution is 2.23. The maximum Gasteiger partial charge on any atom is 0.122 e. The van der Waals surface area contributed by atoms with Crippen LogP contribution in [0.5, 0.6) is 0 Å². The molecule has 1 atom stereocenters. The van der Waals surface area contributed by atoms with E-state index < -0.39 is 0 Å². The van der Waals surface area contributed by atoms with E-state index in [4.69, 9.17) is 0 Å². The fourth-order valence-electron chi connectivity index (χ4n) is 1.67. The molecule has 16 heavy (non-hydrogen) atoms. The largest absolute Gasteiger partial charge is 0.303 e. The summed E-state index contributed by atoms with van der Waals surface area (Å²) < 4.78 is 1.25. The molecule has 3 heteroatoms. The molecule has 0 radical (unpaired) electrons. The second-order valence-corrected chi connectivity index (χ2v) is 5.20. The molecule has 0 aliphatic rings. The first-order valence-electron chi connectivity index (χ1n) is 5.59. The van der Waals surface area contributed by atoms with Gasteiger partial charge in [0.05, 0.1) is 15.2 Å². The van der Waals surface area contributed by atoms with Gasteiger partial charge in [0, 0.05) is 5.92 Å². The highest BCUT2D eigenvalue weighted by molar-refractivity contribution is 7.18. The lowest BCUT2D eigenvalue weighted by atomic mass is 10.1. The zero-order valence-corrected chi connectivity index (χ0v) is 10.2. The fourth-order valence-corrected chi connectivity index (χ4v) is 2.68. The molecular formula is C13H15NOS. The van der Waals surface area contributed by atoms with E-state index in [1.807, 2.05) is 25.1 Å². The van der Waals surface area contributed by atoms with Gasteiger partial charge in [0.2, 0.25) is 0 Å². The standard InChI is InChI=1S/C13H15NOS/c1-10(9-15)5-4-8-13-14-11-6-2-3-7-12(11)16-13/h2-3,6-7,9-10H,4-5,8H2,1H3. The molecule has 0 fully saturated rings. The molecule has 1 heterocycles. The number of hydrogen-bond acceptors (Lipinski definition) is 3. The van der Waals surface area contributed by atoms with Gasteiger partial charge in [-0.25, -0.2) is 4.98 Å². The Morgan fingerprint density at radius 1 is 1.44 bits per heavy atom. The first-order chi connectivity index (χ1) is 7.79. The van der Waals surface area contributed by atoms with E-state index in [0.29, 0.717) is 0 Å². The van der Waals surface area contributed by atoms with Crippen molar-refractivity contribution in [2.45, 2.75) is 26.2 Å². The van der Waals surface area contributed by atoms with Gasteiger partial charge in [0.1, 0.15) is 6.29 Å². The monoisotopic (exact) mass is 233 g/mol. The summed E-state index contributed by atoms with van der Waals surface area (Å²) in [4.78, 5) is 15.0. The third-order valence-electron chi connectivity index (χ3n) is 2.62. The normalized spacial score (nSPS) is 12.8. The first-order valence-corrected chi connectivity index (χ1v) is 6.41. The molecule has 1 unspecified atom stereocenters. The van der Waals surface area contributed by atoms with Crippen LogP contribution in [0.15, 0.2) is 24.3 Å². The van der Waals surface area contributed by atoms with Crippen molar-refractivity contribution in [3.8, 4) is 0 Å². The molecule has 1 aromatic carbocycles. The Kier molecular flexibility index (Phi) is 3.67. The van der Waals surface area contributed by atoms with Crippen LogP contribution >= 0.6 is 11.3 Å². The quantitative estimate of drug-likeness (QED) is 0.740. The van der Waals surface area contributed by atoms with Crippen LogP contribution in [0, 0.1) is 5.92 Å². The van der Waals surface area contributed by atoms with Crippen LogP contribution in [-0.4, -0.2) is 11.3 Å². The van der Waals surface area contributed by atoms with Crippen LogP contribution in [0.25, 0.3) is 10.2 Å². The predicted molar refractivity (Wildman–Crippen MR) is 67.8 cm³/mol. The van der Waals surface area contributed by atoms with Crippen molar-refractivity contribution < 1.29 is 4.79 Å². The van der Waals surface area contributed by atoms with Crippen LogP contribution in [0.1, 0.15) is 24.8 Å². The van der Waals surface area contributed by atoms with E-state index in [0.717, 1.165) is 31.1 Å². The predicted octanol–water partition coefficient (Wildman–Crippen LogP) is 3.45. The summed E-state index contributed by atoms with van der Waals surface area (Å²) in [6.45, 7) is 1.96. The summed E-state index contributed by atoms with van der Waals surface area (Å²) in [6.07, 6.45) is 4.01. The van der Waals surface area contributed by atoms with Gasteiger partial charge in [0.15, 0.2) is 0 Å². The number of hydrogen-bond donors (Lipinski definition) is 0. The molecule has 0 aliphatic heterocycles. The number of fused-ring (bicyclic) bond motifs is 1. The van der Waals surface area contributed by atoms with Crippen LogP contribution in [0.3, 0.4) is 0 Å². The summed E-state index contributed by atoms with van der Waals surface area (Å²) in [6, 6.07) is 8.20. The van der Waals surface area contributed by atoms with Crippen molar-refractivity contribution in [1.82, 2.24) is 4.98 Å². The molecule has 2 nitrogen and oxygen atoms in total. The number of nitrogens with zero attached hydrogens (tertiary/aromatic N) is 1. The average molecular weight is 233 g/mol. The molecule has 0 N–H and O–H groups in total. The van der Waals surface area contributed by atoms with Gasteiger partial charge in [-0.05, 0) is 31.4 Å². The van der Waals surface area contributed by atoms with Crippen LogP contribution < -0.4 is 0 Å². The van der Waals surface area contributed by atoms with E-state index in [1.165, 1.54) is 9.71 Å². The van der Waals surface area contributed by atoms with E-state index in [9.17, 15) is 4.79 Å². The molecule has 0 amide bonds. The van der Waals surface area contributed by atoms with Crippen molar-refractivity contribution in [1.29, 1.82) is 0 Å². The molecule has 0 saturated heterocycles. The molecule has 2 aromatic rings. The first kappa shape index (κ1) is 11.3. The van der Waals surface area contributed by atoms with Crippen molar-refractivity contribution in [3.63, 3.8) is 0 Å². The number of carbonyl (C=O) groups is 1. The average Bonchev–Trinajstić information content (AvgIpc) is 2.71. The van der Waals surface area contributed by atoms with Crippen LogP contribution in [0.2, 0.25) is 0 Å². The zero-order valence-electron chi connectivity index (χ0n) is 9.35. The highest BCUT2D eigenvalue weighted by atomic mass is 32.1. The number of carbonyl (C=O) groups excluding carboxylic acids is 1. The van der Waals surface area contributed by atoms with Crippen molar-refractivity contribution in [2.24, 2.45) is 5.92 Å². The number of aromatic nitrogens is 1. The summed E-state index contributed by atoms with van der Waals surface area (Å²) in [5.74, 6) is 0.175. The second kappa shape index (κ2) is 5.21. The van der Waals surface area contributed by atoms with E-state index in [-0.39, 0.29) is 5.92 Å². The lowest BCUT2D eigenvalue weighted by molar-refractivity contribution is -0.110. The summed E-state index contributed by atoms with van der Waals surface area (Å²) in [7, 11) is 0. The Labute approximate surface area is 99.3 Å². The Bertz CT molecular complexity index is 444. The number of thiazole rings is 1. The highest BCUT2D eigenvalue weighted by Gasteiger charge is 2.04. The number of aldehydes is 1. The molecule has 2 rings (SSSR count). The smallest absolute Gasteiger partial charge is 0.122 e. The maximum atomic E-state index is 10.5. The number of rotatable bonds is 5. The molecule has 84 valence electrons. The number of aryl methyl sites for hydroxylation is 1. The molecular weight excluding hydrogens is 218 g/mol. The SMILES string of the molecule is CC(C=O)CCCc1nc2ccccc2s1. The molecule has 0 bridgehead atoms. The van der Waals surface area contributed by atoms with E-state index in [2.05, 4.69) is 11.1 Å². The summed E-state index contributed by atoms with van der Waals surface area (Å²) >= 11 is 1.76. The summed E-state index contributed by atoms with van der Waals surface area (Å²) in [5.41, 5.74) is 1.09. The summed E-state index contributed by atoms with van der Waals surface area (Å²) in [5, 5.41) is 1.18. The van der Waals surface area contributed by atoms with Crippen molar-refractivity contribution in [3.05, 3.63) is 29.3 Å². The van der Waals surface area contributed by atoms with E-state index >= 15 is 0 Å². The molecule has 1 aromatic heterocycles. The van der Waals surface area contributed by atoms with Crippen molar-refractivity contribution >= 4 is 27.8 Å². The zero-order chi connectivity index (χ0) is 11.4. The van der Waals surface area contributed by atoms with Gasteiger partial charge < -0.3 is 4.79 Å². The fraction of sp³-hybridized carbons (Fsp3) is 0.385. The topological polar surface area (TPSA) is 30.0 Å². The molecule has 0 aliphatic carbocycles. The van der Waals surface area contributed by atoms with Crippen LogP contribution in [-0.2, 0) is 11.2 Å². The van der Waals surface area contributed by atoms with E-state index in [1.54, 1.807) is 11.3 Å². The van der Waals surface area contributed by atoms with Crippen LogP contribution in [0.4, 0.5) is 0 Å². The van der Waals surface area contributed by atoms with Gasteiger partial charge in [-0.1, -0.05) is 19.1 Å². The minimum absolute atomic E-state index is 0.175. The Morgan fingerprint density at radius 3 is 3.00 bits per heavy atom. The third kappa shape index (κ3) is 2.67. The van der Waals surface area contributed by atoms with Gasteiger partial charge in [-0.3, -0.25) is 0 Å². The van der Waals surface area contributed by atoms with Gasteiger partial charge >= 0.3 is 0 Å². The van der Waals surface area contributed by atoms with Crippen molar-refractivity contribution in [2.75, 3.05) is 0 Å². The van der Waals surface area contributed by atoms with Gasteiger partial charge in [-0.2, -0.15) is 0 Å². The minimum atomic E-state index is 0.175. The lowest BCUT2D eigenvalue weighted by Crippen LogP contribution is -1.96. The Balaban J connectivity index is 1.97. The van der Waals surface area contributed by atoms with Gasteiger partial charge in [0.25, 0.3) is 0 Å². The Morgan fingerprint density at radius 2 is 2.25 bits per heavy atom. The molecule has 0 spiro atoms. The third-order valence-corrected chi connectivity index (χ3v) is 3.72. The minimum Gasteiger partial charge on any atom is -0.303 e. The second-order valence-electron chi connectivity index (χ2n) is 4.08. The van der Waals surface area contributed by atoms with Gasteiger partial charge in [-0.15, -0.1) is 11.3 Å². The lowest BCUT2D eigenvalue weighted by Gasteiger charge is -2.00. The molecule has 0 saturated carbocycles. The number of benzene rings is 1. The maximum absolute atomic E-state index is 10.5. The number of para-hydroxylation sites is 1. The Hall–Kier alpha value is -1.22.